The molecule has 0 saturated heterocycles. The highest BCUT2D eigenvalue weighted by Crippen LogP contribution is 2.20. The highest BCUT2D eigenvalue weighted by atomic mass is 35.5. The van der Waals surface area contributed by atoms with E-state index in [0.717, 1.165) is 5.75 Å². The number of nitrogens with zero attached hydrogens (tertiary/aromatic N) is 2. The van der Waals surface area contributed by atoms with Crippen molar-refractivity contribution in [3.05, 3.63) is 16.4 Å². The highest BCUT2D eigenvalue weighted by molar-refractivity contribution is 7.99. The van der Waals surface area contributed by atoms with Gasteiger partial charge in [-0.3, -0.25) is 0 Å². The van der Waals surface area contributed by atoms with E-state index in [1.807, 2.05) is 0 Å². The maximum Gasteiger partial charge on any atom is 0.190 e. The van der Waals surface area contributed by atoms with E-state index in [4.69, 9.17) is 23.2 Å². The van der Waals surface area contributed by atoms with Crippen LogP contribution in [0.5, 0.6) is 0 Å². The molecule has 0 aromatic carbocycles. The second-order valence-electron chi connectivity index (χ2n) is 3.56. The molecule has 0 bridgehead atoms. The molecule has 0 radical (unpaired) electrons. The summed E-state index contributed by atoms with van der Waals surface area (Å²) in [5.74, 6) is 1.03. The Morgan fingerprint density at radius 2 is 1.69 bits per heavy atom. The average molecular weight is 279 g/mol. The summed E-state index contributed by atoms with van der Waals surface area (Å²) in [7, 11) is 0. The van der Waals surface area contributed by atoms with E-state index in [1.165, 1.54) is 32.1 Å². The van der Waals surface area contributed by atoms with Crippen LogP contribution in [0.25, 0.3) is 0 Å². The second kappa shape index (κ2) is 8.15. The van der Waals surface area contributed by atoms with Gasteiger partial charge < -0.3 is 0 Å². The fourth-order valence-corrected chi connectivity index (χ4v) is 2.68. The molecule has 0 saturated carbocycles. The molecule has 0 aliphatic heterocycles. The average Bonchev–Trinajstić information content (AvgIpc) is 2.22. The summed E-state index contributed by atoms with van der Waals surface area (Å²) in [6, 6.07) is 1.55. The van der Waals surface area contributed by atoms with Crippen molar-refractivity contribution < 1.29 is 0 Å². The minimum atomic E-state index is 0.411. The zero-order chi connectivity index (χ0) is 11.8. The summed E-state index contributed by atoms with van der Waals surface area (Å²) < 4.78 is 0. The van der Waals surface area contributed by atoms with Gasteiger partial charge in [0.2, 0.25) is 0 Å². The fourth-order valence-electron chi connectivity index (χ4n) is 1.30. The van der Waals surface area contributed by atoms with Gasteiger partial charge in [-0.25, -0.2) is 9.97 Å². The predicted molar refractivity (Wildman–Crippen MR) is 71.5 cm³/mol. The molecule has 5 heteroatoms. The van der Waals surface area contributed by atoms with Gasteiger partial charge in [0.15, 0.2) is 5.16 Å². The van der Waals surface area contributed by atoms with Crippen LogP contribution in [0.2, 0.25) is 10.3 Å². The van der Waals surface area contributed by atoms with E-state index in [9.17, 15) is 0 Å². The fraction of sp³-hybridized carbons (Fsp3) is 0.636. The number of hydrogen-bond acceptors (Lipinski definition) is 3. The number of hydrogen-bond donors (Lipinski definition) is 0. The first kappa shape index (κ1) is 14.1. The van der Waals surface area contributed by atoms with E-state index >= 15 is 0 Å². The van der Waals surface area contributed by atoms with Crippen LogP contribution in [0, 0.1) is 0 Å². The summed E-state index contributed by atoms with van der Waals surface area (Å²) >= 11 is 13.2. The zero-order valence-corrected chi connectivity index (χ0v) is 11.7. The highest BCUT2D eigenvalue weighted by Gasteiger charge is 2.02. The van der Waals surface area contributed by atoms with Crippen molar-refractivity contribution in [1.82, 2.24) is 9.97 Å². The minimum absolute atomic E-state index is 0.411. The van der Waals surface area contributed by atoms with Gasteiger partial charge in [0.1, 0.15) is 10.3 Å². The normalized spacial score (nSPS) is 10.7. The molecule has 0 amide bonds. The third-order valence-electron chi connectivity index (χ3n) is 2.12. The summed E-state index contributed by atoms with van der Waals surface area (Å²) in [4.78, 5) is 8.20. The second-order valence-corrected chi connectivity index (χ2v) is 5.40. The number of thioether (sulfide) groups is 1. The van der Waals surface area contributed by atoms with Crippen molar-refractivity contribution >= 4 is 35.0 Å². The van der Waals surface area contributed by atoms with Crippen molar-refractivity contribution in [2.45, 2.75) is 44.2 Å². The van der Waals surface area contributed by atoms with Crippen LogP contribution in [0.3, 0.4) is 0 Å². The molecule has 0 atom stereocenters. The maximum absolute atomic E-state index is 5.78. The quantitative estimate of drug-likeness (QED) is 0.309. The van der Waals surface area contributed by atoms with E-state index in [0.29, 0.717) is 15.5 Å². The Bertz CT molecular complexity index is 301. The Hall–Kier alpha value is 0.01000. The molecule has 1 aromatic rings. The van der Waals surface area contributed by atoms with Gasteiger partial charge in [0, 0.05) is 11.8 Å². The standard InChI is InChI=1S/C11H16Cl2N2S/c1-2-3-4-5-6-7-16-11-14-9(12)8-10(13)15-11/h8H,2-7H2,1H3. The number of unbranched alkanes of at least 4 members (excludes halogenated alkanes) is 4. The lowest BCUT2D eigenvalue weighted by atomic mass is 10.2. The molecule has 0 aliphatic carbocycles. The predicted octanol–water partition coefficient (Wildman–Crippen LogP) is 4.85. The maximum atomic E-state index is 5.78. The molecule has 0 spiro atoms. The van der Waals surface area contributed by atoms with Crippen LogP contribution in [0.4, 0.5) is 0 Å². The summed E-state index contributed by atoms with van der Waals surface area (Å²) in [6.45, 7) is 2.22. The Balaban J connectivity index is 2.21. The first-order chi connectivity index (χ1) is 7.72. The lowest BCUT2D eigenvalue weighted by Crippen LogP contribution is -1.89. The van der Waals surface area contributed by atoms with Crippen LogP contribution in [0.1, 0.15) is 39.0 Å². The molecule has 1 aromatic heterocycles. The van der Waals surface area contributed by atoms with Gasteiger partial charge in [-0.15, -0.1) is 0 Å². The van der Waals surface area contributed by atoms with Gasteiger partial charge in [0.05, 0.1) is 0 Å². The third kappa shape index (κ3) is 5.92. The molecule has 0 aliphatic rings. The Morgan fingerprint density at radius 1 is 1.06 bits per heavy atom. The van der Waals surface area contributed by atoms with Crippen LogP contribution in [0.15, 0.2) is 11.2 Å². The third-order valence-corrected chi connectivity index (χ3v) is 3.44. The molecular weight excluding hydrogens is 263 g/mol. The lowest BCUT2D eigenvalue weighted by Gasteiger charge is -2.01. The summed E-state index contributed by atoms with van der Waals surface area (Å²) in [6.07, 6.45) is 6.38. The van der Waals surface area contributed by atoms with E-state index in [1.54, 1.807) is 17.8 Å². The molecule has 2 nitrogen and oxygen atoms in total. The van der Waals surface area contributed by atoms with Crippen molar-refractivity contribution in [3.63, 3.8) is 0 Å². The molecule has 0 N–H and O–H groups in total. The minimum Gasteiger partial charge on any atom is -0.211 e. The van der Waals surface area contributed by atoms with Gasteiger partial charge in [-0.2, -0.15) is 0 Å². The SMILES string of the molecule is CCCCCCCSc1nc(Cl)cc(Cl)n1. The lowest BCUT2D eigenvalue weighted by molar-refractivity contribution is 0.659. The first-order valence-electron chi connectivity index (χ1n) is 5.55. The van der Waals surface area contributed by atoms with Crippen molar-refractivity contribution in [2.75, 3.05) is 5.75 Å². The monoisotopic (exact) mass is 278 g/mol. The van der Waals surface area contributed by atoms with Crippen molar-refractivity contribution in [2.24, 2.45) is 0 Å². The van der Waals surface area contributed by atoms with E-state index in [2.05, 4.69) is 16.9 Å². The molecule has 1 rings (SSSR count). The Kier molecular flexibility index (Phi) is 7.17. The zero-order valence-electron chi connectivity index (χ0n) is 9.38. The van der Waals surface area contributed by atoms with Crippen molar-refractivity contribution in [1.29, 1.82) is 0 Å². The topological polar surface area (TPSA) is 25.8 Å². The van der Waals surface area contributed by atoms with Gasteiger partial charge >= 0.3 is 0 Å². The van der Waals surface area contributed by atoms with Crippen LogP contribution >= 0.6 is 35.0 Å². The first-order valence-corrected chi connectivity index (χ1v) is 7.29. The van der Waals surface area contributed by atoms with Crippen LogP contribution < -0.4 is 0 Å². The van der Waals surface area contributed by atoms with Crippen molar-refractivity contribution in [3.8, 4) is 0 Å². The summed E-state index contributed by atoms with van der Waals surface area (Å²) in [5, 5.41) is 1.50. The molecule has 16 heavy (non-hydrogen) atoms. The molecule has 0 unspecified atom stereocenters. The smallest absolute Gasteiger partial charge is 0.190 e. The number of aromatic nitrogens is 2. The largest absolute Gasteiger partial charge is 0.211 e. The molecular formula is C11H16Cl2N2S. The van der Waals surface area contributed by atoms with E-state index in [-0.39, 0.29) is 0 Å². The summed E-state index contributed by atoms with van der Waals surface area (Å²) in [5.41, 5.74) is 0. The van der Waals surface area contributed by atoms with Gasteiger partial charge in [-0.05, 0) is 6.42 Å². The van der Waals surface area contributed by atoms with E-state index < -0.39 is 0 Å². The Morgan fingerprint density at radius 3 is 2.31 bits per heavy atom. The van der Waals surface area contributed by atoms with Crippen LogP contribution in [-0.2, 0) is 0 Å². The molecule has 90 valence electrons. The molecule has 0 fully saturated rings. The van der Waals surface area contributed by atoms with Gasteiger partial charge in [-0.1, -0.05) is 67.6 Å². The van der Waals surface area contributed by atoms with Gasteiger partial charge in [0.25, 0.3) is 0 Å². The number of rotatable bonds is 7. The van der Waals surface area contributed by atoms with Crippen LogP contribution in [-0.4, -0.2) is 15.7 Å². The Labute approximate surface area is 111 Å². The number of halogens is 2. The molecule has 1 heterocycles.